The van der Waals surface area contributed by atoms with Crippen LogP contribution in [0.4, 0.5) is 4.79 Å². The number of piperidine rings is 1. The van der Waals surface area contributed by atoms with Gasteiger partial charge in [-0.15, -0.1) is 0 Å². The van der Waals surface area contributed by atoms with Crippen molar-refractivity contribution in [3.63, 3.8) is 0 Å². The summed E-state index contributed by atoms with van der Waals surface area (Å²) in [6.45, 7) is 3.01. The lowest BCUT2D eigenvalue weighted by Gasteiger charge is -2.36. The van der Waals surface area contributed by atoms with Gasteiger partial charge < -0.3 is 14.3 Å². The second-order valence-corrected chi connectivity index (χ2v) is 6.46. The molecule has 0 aliphatic carbocycles. The van der Waals surface area contributed by atoms with E-state index in [0.29, 0.717) is 6.61 Å². The molecule has 3 heterocycles. The molecule has 122 valence electrons. The Bertz CT molecular complexity index is 608. The number of ether oxygens (including phenoxy) is 2. The quantitative estimate of drug-likeness (QED) is 0.800. The van der Waals surface area contributed by atoms with Gasteiger partial charge in [-0.1, -0.05) is 35.5 Å². The van der Waals surface area contributed by atoms with E-state index >= 15 is 0 Å². The molecule has 1 spiro atoms. The largest absolute Gasteiger partial charge is 0.509 e. The van der Waals surface area contributed by atoms with Crippen LogP contribution in [0.5, 0.6) is 0 Å². The number of hydrogen-bond acceptors (Lipinski definition) is 6. The zero-order valence-corrected chi connectivity index (χ0v) is 12.9. The third-order valence-electron chi connectivity index (χ3n) is 4.82. The monoisotopic (exact) mass is 316 g/mol. The fourth-order valence-corrected chi connectivity index (χ4v) is 3.43. The summed E-state index contributed by atoms with van der Waals surface area (Å²) in [5.41, 5.74) is 1.75. The summed E-state index contributed by atoms with van der Waals surface area (Å²) in [5.74, 6) is 0. The van der Waals surface area contributed by atoms with Crippen molar-refractivity contribution in [3.8, 4) is 0 Å². The molecule has 0 amide bonds. The summed E-state index contributed by atoms with van der Waals surface area (Å²) in [5, 5.41) is 4.23. The van der Waals surface area contributed by atoms with Crippen molar-refractivity contribution in [1.82, 2.24) is 4.90 Å². The van der Waals surface area contributed by atoms with Gasteiger partial charge in [0.15, 0.2) is 5.60 Å². The molecule has 3 aliphatic heterocycles. The first-order valence-electron chi connectivity index (χ1n) is 8.09. The van der Waals surface area contributed by atoms with Crippen LogP contribution in [0, 0.1) is 0 Å². The topological polar surface area (TPSA) is 60.4 Å². The van der Waals surface area contributed by atoms with Gasteiger partial charge in [0.05, 0.1) is 5.71 Å². The van der Waals surface area contributed by atoms with Crippen molar-refractivity contribution in [2.45, 2.75) is 31.0 Å². The molecule has 1 aromatic carbocycles. The smallest absolute Gasteiger partial charge is 0.430 e. The van der Waals surface area contributed by atoms with Gasteiger partial charge in [-0.05, 0) is 5.56 Å². The van der Waals surface area contributed by atoms with Crippen LogP contribution in [0.3, 0.4) is 0 Å². The lowest BCUT2D eigenvalue weighted by molar-refractivity contribution is -0.0171. The summed E-state index contributed by atoms with van der Waals surface area (Å²) in [6, 6.07) is 10.1. The highest BCUT2D eigenvalue weighted by Crippen LogP contribution is 2.32. The van der Waals surface area contributed by atoms with Crippen LogP contribution in [0.1, 0.15) is 24.8 Å². The van der Waals surface area contributed by atoms with Crippen LogP contribution in [-0.2, 0) is 14.3 Å². The number of cyclic esters (lactones) is 1. The summed E-state index contributed by atoms with van der Waals surface area (Å²) in [6.07, 6.45) is 2.04. The minimum Gasteiger partial charge on any atom is -0.430 e. The van der Waals surface area contributed by atoms with E-state index in [4.69, 9.17) is 14.3 Å². The van der Waals surface area contributed by atoms with Crippen molar-refractivity contribution < 1.29 is 19.1 Å². The number of carbonyl (C=O) groups excluding carboxylic acids is 1. The predicted molar refractivity (Wildman–Crippen MR) is 83.3 cm³/mol. The molecule has 1 aromatic rings. The number of carbonyl (C=O) groups is 1. The number of likely N-dealkylation sites (tertiary alicyclic amines) is 1. The highest BCUT2D eigenvalue weighted by molar-refractivity contribution is 6.01. The van der Waals surface area contributed by atoms with Crippen LogP contribution >= 0.6 is 0 Å². The Morgan fingerprint density at radius 2 is 2.00 bits per heavy atom. The molecular weight excluding hydrogens is 296 g/mol. The molecule has 6 nitrogen and oxygen atoms in total. The minimum absolute atomic E-state index is 0.0987. The van der Waals surface area contributed by atoms with Crippen LogP contribution in [0.15, 0.2) is 35.5 Å². The molecule has 6 heteroatoms. The van der Waals surface area contributed by atoms with E-state index in [9.17, 15) is 4.79 Å². The number of hydrogen-bond donors (Lipinski definition) is 0. The van der Waals surface area contributed by atoms with Gasteiger partial charge in [-0.25, -0.2) is 4.79 Å². The molecule has 0 saturated carbocycles. The highest BCUT2D eigenvalue weighted by Gasteiger charge is 2.45. The maximum atomic E-state index is 11.2. The van der Waals surface area contributed by atoms with Crippen LogP contribution < -0.4 is 0 Å². The number of nitrogens with zero attached hydrogens (tertiary/aromatic N) is 2. The SMILES string of the molecule is O=C1OCC2(CCN(CC3CC(c4ccccc4)=NO3)CC2)O1. The molecule has 1 atom stereocenters. The molecule has 0 aromatic heterocycles. The first kappa shape index (κ1) is 14.5. The van der Waals surface area contributed by atoms with Crippen molar-refractivity contribution in [2.75, 3.05) is 26.2 Å². The second-order valence-electron chi connectivity index (χ2n) is 6.46. The number of benzene rings is 1. The first-order chi connectivity index (χ1) is 11.2. The Morgan fingerprint density at radius 1 is 1.22 bits per heavy atom. The van der Waals surface area contributed by atoms with E-state index in [0.717, 1.165) is 50.2 Å². The molecule has 1 unspecified atom stereocenters. The Labute approximate surface area is 135 Å². The maximum absolute atomic E-state index is 11.2. The van der Waals surface area contributed by atoms with Gasteiger partial charge in [-0.3, -0.25) is 4.90 Å². The maximum Gasteiger partial charge on any atom is 0.509 e. The van der Waals surface area contributed by atoms with Crippen molar-refractivity contribution in [1.29, 1.82) is 0 Å². The third-order valence-corrected chi connectivity index (χ3v) is 4.82. The summed E-state index contributed by atoms with van der Waals surface area (Å²) in [7, 11) is 0. The van der Waals surface area contributed by atoms with Crippen molar-refractivity contribution >= 4 is 11.9 Å². The summed E-state index contributed by atoms with van der Waals surface area (Å²) >= 11 is 0. The van der Waals surface area contributed by atoms with E-state index in [1.165, 1.54) is 0 Å². The second kappa shape index (κ2) is 5.85. The predicted octanol–water partition coefficient (Wildman–Crippen LogP) is 2.18. The Kier molecular flexibility index (Phi) is 3.69. The van der Waals surface area contributed by atoms with Crippen LogP contribution in [0.2, 0.25) is 0 Å². The first-order valence-corrected chi connectivity index (χ1v) is 8.09. The van der Waals surface area contributed by atoms with Gasteiger partial charge in [0.1, 0.15) is 12.7 Å². The molecular formula is C17H20N2O4. The molecule has 23 heavy (non-hydrogen) atoms. The van der Waals surface area contributed by atoms with E-state index in [1.807, 2.05) is 18.2 Å². The molecule has 2 saturated heterocycles. The molecule has 0 bridgehead atoms. The molecule has 2 fully saturated rings. The number of oxime groups is 1. The van der Waals surface area contributed by atoms with E-state index in [1.54, 1.807) is 0 Å². The third kappa shape index (κ3) is 3.03. The zero-order valence-electron chi connectivity index (χ0n) is 12.9. The Balaban J connectivity index is 1.28. The fourth-order valence-electron chi connectivity index (χ4n) is 3.43. The Hall–Kier alpha value is -2.08. The van der Waals surface area contributed by atoms with Crippen molar-refractivity contribution in [3.05, 3.63) is 35.9 Å². The molecule has 0 N–H and O–H groups in total. The summed E-state index contributed by atoms with van der Waals surface area (Å²) < 4.78 is 10.3. The lowest BCUT2D eigenvalue weighted by atomic mass is 9.92. The van der Waals surface area contributed by atoms with E-state index in [2.05, 4.69) is 22.2 Å². The average molecular weight is 316 g/mol. The normalized spacial score (nSPS) is 26.5. The number of rotatable bonds is 3. The average Bonchev–Trinajstić information content (AvgIpc) is 3.18. The van der Waals surface area contributed by atoms with Crippen molar-refractivity contribution in [2.24, 2.45) is 5.16 Å². The van der Waals surface area contributed by atoms with Gasteiger partial charge in [0.2, 0.25) is 0 Å². The Morgan fingerprint density at radius 3 is 2.70 bits per heavy atom. The van der Waals surface area contributed by atoms with E-state index in [-0.39, 0.29) is 6.10 Å². The van der Waals surface area contributed by atoms with Crippen LogP contribution in [0.25, 0.3) is 0 Å². The van der Waals surface area contributed by atoms with Gasteiger partial charge in [0, 0.05) is 38.9 Å². The zero-order chi connectivity index (χ0) is 15.7. The molecule has 0 radical (unpaired) electrons. The summed E-state index contributed by atoms with van der Waals surface area (Å²) in [4.78, 5) is 19.1. The van der Waals surface area contributed by atoms with Gasteiger partial charge >= 0.3 is 6.16 Å². The standard InChI is InChI=1S/C17H20N2O4/c20-16-21-12-17(22-16)6-8-19(9-7-17)11-14-10-15(18-23-14)13-4-2-1-3-5-13/h1-5,14H,6-12H2. The fraction of sp³-hybridized carbons (Fsp3) is 0.529. The van der Waals surface area contributed by atoms with Gasteiger partial charge in [-0.2, -0.15) is 0 Å². The lowest BCUT2D eigenvalue weighted by Crippen LogP contribution is -2.47. The van der Waals surface area contributed by atoms with E-state index < -0.39 is 11.8 Å². The van der Waals surface area contributed by atoms with Crippen LogP contribution in [-0.4, -0.2) is 54.7 Å². The molecule has 3 aliphatic rings. The molecule has 4 rings (SSSR count). The minimum atomic E-state index is -0.529. The van der Waals surface area contributed by atoms with Gasteiger partial charge in [0.25, 0.3) is 0 Å². The highest BCUT2D eigenvalue weighted by atomic mass is 16.8.